The molecule has 2 nitrogen and oxygen atoms in total. The van der Waals surface area contributed by atoms with Crippen LogP contribution in [-0.4, -0.2) is 16.7 Å². The van der Waals surface area contributed by atoms with Gasteiger partial charge in [0, 0.05) is 22.7 Å². The molecule has 74 valence electrons. The van der Waals surface area contributed by atoms with Gasteiger partial charge in [0.1, 0.15) is 0 Å². The quantitative estimate of drug-likeness (QED) is 0.868. The average molecular weight is 254 g/mol. The fourth-order valence-electron chi connectivity index (χ4n) is 1.65. The van der Waals surface area contributed by atoms with Crippen molar-refractivity contribution in [2.24, 2.45) is 0 Å². The van der Waals surface area contributed by atoms with E-state index in [2.05, 4.69) is 27.0 Å². The monoisotopic (exact) mass is 253 g/mol. The smallest absolute Gasteiger partial charge is 0.0601 e. The van der Waals surface area contributed by atoms with Crippen molar-refractivity contribution in [1.29, 1.82) is 0 Å². The van der Waals surface area contributed by atoms with Gasteiger partial charge in [-0.25, -0.2) is 0 Å². The lowest BCUT2D eigenvalue weighted by atomic mass is 10.1. The maximum absolute atomic E-state index is 8.77. The van der Waals surface area contributed by atoms with Gasteiger partial charge in [-0.2, -0.15) is 0 Å². The standard InChI is InChI=1S/C11H12BrNO/c12-10-5-1-4-9-8(3-2-6-14)7-13-11(9)10/h1,4-5,7,13-14H,2-3,6H2. The minimum Gasteiger partial charge on any atom is -0.396 e. The van der Waals surface area contributed by atoms with Crippen LogP contribution >= 0.6 is 15.9 Å². The van der Waals surface area contributed by atoms with Gasteiger partial charge in [-0.15, -0.1) is 0 Å². The molecule has 2 aromatic rings. The predicted molar refractivity (Wildman–Crippen MR) is 61.4 cm³/mol. The van der Waals surface area contributed by atoms with Gasteiger partial charge in [0.2, 0.25) is 0 Å². The van der Waals surface area contributed by atoms with Crippen LogP contribution in [-0.2, 0) is 6.42 Å². The molecule has 0 atom stereocenters. The van der Waals surface area contributed by atoms with Crippen molar-refractivity contribution in [3.05, 3.63) is 34.4 Å². The molecule has 0 amide bonds. The minimum atomic E-state index is 0.251. The highest BCUT2D eigenvalue weighted by molar-refractivity contribution is 9.10. The molecule has 0 saturated heterocycles. The van der Waals surface area contributed by atoms with Crippen LogP contribution in [0, 0.1) is 0 Å². The van der Waals surface area contributed by atoms with Crippen molar-refractivity contribution in [2.45, 2.75) is 12.8 Å². The first-order chi connectivity index (χ1) is 6.83. The van der Waals surface area contributed by atoms with E-state index in [0.29, 0.717) is 0 Å². The number of hydrogen-bond acceptors (Lipinski definition) is 1. The number of H-pyrrole nitrogens is 1. The molecule has 1 heterocycles. The number of aliphatic hydroxyl groups excluding tert-OH is 1. The van der Waals surface area contributed by atoms with E-state index in [4.69, 9.17) is 5.11 Å². The van der Waals surface area contributed by atoms with Gasteiger partial charge in [-0.1, -0.05) is 12.1 Å². The maximum Gasteiger partial charge on any atom is 0.0601 e. The maximum atomic E-state index is 8.77. The molecule has 0 saturated carbocycles. The second kappa shape index (κ2) is 4.15. The van der Waals surface area contributed by atoms with E-state index in [-0.39, 0.29) is 6.61 Å². The van der Waals surface area contributed by atoms with Gasteiger partial charge >= 0.3 is 0 Å². The normalized spacial score (nSPS) is 11.0. The van der Waals surface area contributed by atoms with E-state index >= 15 is 0 Å². The van der Waals surface area contributed by atoms with Crippen LogP contribution in [0.15, 0.2) is 28.9 Å². The van der Waals surface area contributed by atoms with Gasteiger partial charge in [0.05, 0.1) is 5.52 Å². The van der Waals surface area contributed by atoms with Gasteiger partial charge in [0.25, 0.3) is 0 Å². The third-order valence-corrected chi connectivity index (χ3v) is 3.02. The molecule has 0 bridgehead atoms. The summed E-state index contributed by atoms with van der Waals surface area (Å²) >= 11 is 3.50. The zero-order valence-corrected chi connectivity index (χ0v) is 9.34. The summed E-state index contributed by atoms with van der Waals surface area (Å²) in [5.74, 6) is 0. The molecule has 3 heteroatoms. The largest absolute Gasteiger partial charge is 0.396 e. The molecule has 2 rings (SSSR count). The zero-order valence-electron chi connectivity index (χ0n) is 7.76. The second-order valence-electron chi connectivity index (χ2n) is 3.30. The van der Waals surface area contributed by atoms with Crippen molar-refractivity contribution < 1.29 is 5.11 Å². The first kappa shape index (κ1) is 9.74. The summed E-state index contributed by atoms with van der Waals surface area (Å²) in [6.07, 6.45) is 3.76. The fourth-order valence-corrected chi connectivity index (χ4v) is 2.13. The van der Waals surface area contributed by atoms with Crippen LogP contribution in [0.1, 0.15) is 12.0 Å². The van der Waals surface area contributed by atoms with E-state index in [1.54, 1.807) is 0 Å². The number of fused-ring (bicyclic) bond motifs is 1. The lowest BCUT2D eigenvalue weighted by Gasteiger charge is -1.97. The van der Waals surface area contributed by atoms with Crippen LogP contribution in [0.4, 0.5) is 0 Å². The third-order valence-electron chi connectivity index (χ3n) is 2.35. The second-order valence-corrected chi connectivity index (χ2v) is 4.16. The van der Waals surface area contributed by atoms with E-state index in [0.717, 1.165) is 22.8 Å². The topological polar surface area (TPSA) is 36.0 Å². The Morgan fingerprint density at radius 1 is 1.36 bits per heavy atom. The highest BCUT2D eigenvalue weighted by Crippen LogP contribution is 2.26. The molecule has 14 heavy (non-hydrogen) atoms. The Morgan fingerprint density at radius 2 is 2.21 bits per heavy atom. The van der Waals surface area contributed by atoms with Crippen LogP contribution < -0.4 is 0 Å². The first-order valence-electron chi connectivity index (χ1n) is 4.68. The van der Waals surface area contributed by atoms with Gasteiger partial charge in [-0.3, -0.25) is 0 Å². The summed E-state index contributed by atoms with van der Waals surface area (Å²) in [5.41, 5.74) is 2.41. The van der Waals surface area contributed by atoms with Crippen molar-refractivity contribution in [3.63, 3.8) is 0 Å². The Labute approximate surface area is 91.1 Å². The number of halogens is 1. The van der Waals surface area contributed by atoms with E-state index in [1.807, 2.05) is 18.3 Å². The number of aliphatic hydroxyl groups is 1. The van der Waals surface area contributed by atoms with Crippen molar-refractivity contribution in [1.82, 2.24) is 4.98 Å². The van der Waals surface area contributed by atoms with Crippen LogP contribution in [0.2, 0.25) is 0 Å². The lowest BCUT2D eigenvalue weighted by molar-refractivity contribution is 0.289. The minimum absolute atomic E-state index is 0.251. The van der Waals surface area contributed by atoms with Crippen molar-refractivity contribution in [2.75, 3.05) is 6.61 Å². The fraction of sp³-hybridized carbons (Fsp3) is 0.273. The van der Waals surface area contributed by atoms with Gasteiger partial charge < -0.3 is 10.1 Å². The number of aryl methyl sites for hydroxylation is 1. The number of nitrogens with one attached hydrogen (secondary N) is 1. The summed E-state index contributed by atoms with van der Waals surface area (Å²) in [7, 11) is 0. The van der Waals surface area contributed by atoms with Crippen LogP contribution in [0.3, 0.4) is 0 Å². The molecule has 0 unspecified atom stereocenters. The highest BCUT2D eigenvalue weighted by atomic mass is 79.9. The van der Waals surface area contributed by atoms with E-state index in [9.17, 15) is 0 Å². The number of rotatable bonds is 3. The number of benzene rings is 1. The highest BCUT2D eigenvalue weighted by Gasteiger charge is 2.04. The summed E-state index contributed by atoms with van der Waals surface area (Å²) in [6.45, 7) is 0.251. The Morgan fingerprint density at radius 3 is 3.00 bits per heavy atom. The molecule has 1 aromatic carbocycles. The van der Waals surface area contributed by atoms with Crippen LogP contribution in [0.25, 0.3) is 10.9 Å². The summed E-state index contributed by atoms with van der Waals surface area (Å²) in [6, 6.07) is 6.15. The molecule has 0 spiro atoms. The van der Waals surface area contributed by atoms with Gasteiger partial charge in [-0.05, 0) is 40.4 Å². The molecular weight excluding hydrogens is 242 g/mol. The van der Waals surface area contributed by atoms with Gasteiger partial charge in [0.15, 0.2) is 0 Å². The molecule has 0 aliphatic rings. The predicted octanol–water partition coefficient (Wildman–Crippen LogP) is 2.86. The van der Waals surface area contributed by atoms with E-state index in [1.165, 1.54) is 10.9 Å². The lowest BCUT2D eigenvalue weighted by Crippen LogP contribution is -1.87. The number of hydrogen-bond donors (Lipinski definition) is 2. The molecule has 0 aliphatic heterocycles. The molecular formula is C11H12BrNO. The first-order valence-corrected chi connectivity index (χ1v) is 5.47. The Bertz CT molecular complexity index is 436. The Balaban J connectivity index is 2.42. The van der Waals surface area contributed by atoms with E-state index < -0.39 is 0 Å². The Hall–Kier alpha value is -0.800. The van der Waals surface area contributed by atoms with Crippen molar-refractivity contribution in [3.8, 4) is 0 Å². The molecule has 2 N–H and O–H groups in total. The van der Waals surface area contributed by atoms with Crippen molar-refractivity contribution >= 4 is 26.8 Å². The third kappa shape index (κ3) is 1.70. The molecule has 0 fully saturated rings. The molecule has 0 radical (unpaired) electrons. The summed E-state index contributed by atoms with van der Waals surface area (Å²) < 4.78 is 1.09. The number of para-hydroxylation sites is 1. The molecule has 1 aromatic heterocycles. The number of aromatic nitrogens is 1. The Kier molecular flexibility index (Phi) is 2.89. The summed E-state index contributed by atoms with van der Waals surface area (Å²) in [4.78, 5) is 3.24. The average Bonchev–Trinajstić information content (AvgIpc) is 2.60. The summed E-state index contributed by atoms with van der Waals surface area (Å²) in [5, 5.41) is 10.0. The molecule has 0 aliphatic carbocycles. The number of aromatic amines is 1. The zero-order chi connectivity index (χ0) is 9.97. The SMILES string of the molecule is OCCCc1c[nH]c2c(Br)cccc12. The van der Waals surface area contributed by atoms with Crippen LogP contribution in [0.5, 0.6) is 0 Å².